The molecule has 6 nitrogen and oxygen atoms in total. The van der Waals surface area contributed by atoms with Gasteiger partial charge in [0.1, 0.15) is 6.10 Å². The fourth-order valence-corrected chi connectivity index (χ4v) is 3.16. The number of rotatable bonds is 4. The van der Waals surface area contributed by atoms with Gasteiger partial charge in [-0.1, -0.05) is 12.1 Å². The monoisotopic (exact) mass is 523 g/mol. The Bertz CT molecular complexity index is 807. The molecule has 1 fully saturated rings. The van der Waals surface area contributed by atoms with Crippen LogP contribution >= 0.6 is 24.0 Å². The van der Waals surface area contributed by atoms with Gasteiger partial charge in [0.25, 0.3) is 0 Å². The van der Waals surface area contributed by atoms with E-state index < -0.39 is 11.7 Å². The summed E-state index contributed by atoms with van der Waals surface area (Å²) in [6, 6.07) is 5.26. The van der Waals surface area contributed by atoms with Crippen LogP contribution in [0.15, 0.2) is 41.7 Å². The highest BCUT2D eigenvalue weighted by atomic mass is 127. The van der Waals surface area contributed by atoms with Crippen molar-refractivity contribution in [3.8, 4) is 0 Å². The molecule has 1 aromatic carbocycles. The first-order valence-corrected chi connectivity index (χ1v) is 9.08. The van der Waals surface area contributed by atoms with E-state index in [2.05, 4.69) is 20.3 Å². The number of aliphatic imine (C=N–C) groups is 1. The number of aromatic nitrogens is 2. The van der Waals surface area contributed by atoms with Crippen LogP contribution in [-0.4, -0.2) is 53.9 Å². The second-order valence-electron chi connectivity index (χ2n) is 6.67. The number of ether oxygens (including phenoxy) is 1. The number of benzene rings is 1. The Labute approximate surface area is 185 Å². The van der Waals surface area contributed by atoms with Crippen LogP contribution < -0.4 is 5.32 Å². The summed E-state index contributed by atoms with van der Waals surface area (Å²) >= 11 is 0. The normalized spacial score (nSPS) is 17.8. The van der Waals surface area contributed by atoms with Gasteiger partial charge in [0, 0.05) is 38.9 Å². The molecule has 160 valence electrons. The number of guanidine groups is 1. The van der Waals surface area contributed by atoms with Gasteiger partial charge in [-0.2, -0.15) is 18.3 Å². The molecule has 1 atom stereocenters. The lowest BCUT2D eigenvalue weighted by atomic mass is 10.1. The maximum atomic E-state index is 12.6. The van der Waals surface area contributed by atoms with E-state index in [1.165, 1.54) is 12.1 Å². The Kier molecular flexibility index (Phi) is 8.32. The molecule has 0 radical (unpaired) electrons. The van der Waals surface area contributed by atoms with Gasteiger partial charge >= 0.3 is 6.18 Å². The molecule has 1 N–H and O–H groups in total. The number of hydrogen-bond donors (Lipinski definition) is 1. The maximum absolute atomic E-state index is 12.6. The largest absolute Gasteiger partial charge is 0.416 e. The van der Waals surface area contributed by atoms with Crippen molar-refractivity contribution in [2.24, 2.45) is 12.0 Å². The van der Waals surface area contributed by atoms with Crippen molar-refractivity contribution in [3.05, 3.63) is 53.3 Å². The number of nitrogens with zero attached hydrogens (tertiary/aromatic N) is 4. The highest BCUT2D eigenvalue weighted by molar-refractivity contribution is 14.0. The fourth-order valence-electron chi connectivity index (χ4n) is 3.16. The topological polar surface area (TPSA) is 54.7 Å². The lowest BCUT2D eigenvalue weighted by Gasteiger charge is -2.34. The molecule has 1 aliphatic rings. The smallest absolute Gasteiger partial charge is 0.370 e. The molecule has 1 aliphatic heterocycles. The molecule has 0 amide bonds. The molecule has 2 heterocycles. The standard InChI is InChI=1S/C19H24F3N5O.HI/c1-23-18(24-8-7-14-3-5-16(6-4-14)19(20,21)22)27-9-10-28-17(13-27)15-11-25-26(2)12-15;/h3-6,11-12,17H,7-10,13H2,1-2H3,(H,23,24);1H. The van der Waals surface area contributed by atoms with Crippen LogP contribution in [0.1, 0.15) is 22.8 Å². The second kappa shape index (κ2) is 10.3. The third kappa shape index (κ3) is 6.33. The average Bonchev–Trinajstić information content (AvgIpc) is 3.11. The van der Waals surface area contributed by atoms with Crippen LogP contribution in [0.5, 0.6) is 0 Å². The molecule has 3 rings (SSSR count). The predicted molar refractivity (Wildman–Crippen MR) is 115 cm³/mol. The summed E-state index contributed by atoms with van der Waals surface area (Å²) in [6.07, 6.45) is -0.0341. The van der Waals surface area contributed by atoms with E-state index in [9.17, 15) is 13.2 Å². The van der Waals surface area contributed by atoms with Gasteiger partial charge in [0.15, 0.2) is 5.96 Å². The van der Waals surface area contributed by atoms with E-state index in [4.69, 9.17) is 4.74 Å². The minimum atomic E-state index is -4.31. The summed E-state index contributed by atoms with van der Waals surface area (Å²) in [5.41, 5.74) is 1.23. The Balaban J connectivity index is 0.00000300. The molecule has 2 aromatic rings. The molecular weight excluding hydrogens is 498 g/mol. The highest BCUT2D eigenvalue weighted by Crippen LogP contribution is 2.29. The molecule has 1 unspecified atom stereocenters. The van der Waals surface area contributed by atoms with Crippen molar-refractivity contribution in [1.82, 2.24) is 20.0 Å². The van der Waals surface area contributed by atoms with Crippen molar-refractivity contribution >= 4 is 29.9 Å². The first kappa shape index (κ1) is 23.5. The average molecular weight is 523 g/mol. The summed E-state index contributed by atoms with van der Waals surface area (Å²) in [7, 11) is 3.58. The molecule has 1 aromatic heterocycles. The number of morpholine rings is 1. The van der Waals surface area contributed by atoms with Crippen molar-refractivity contribution in [2.75, 3.05) is 33.3 Å². The Morgan fingerprint density at radius 2 is 2.03 bits per heavy atom. The van der Waals surface area contributed by atoms with Gasteiger partial charge in [-0.15, -0.1) is 24.0 Å². The molecule has 0 saturated carbocycles. The van der Waals surface area contributed by atoms with Crippen molar-refractivity contribution < 1.29 is 17.9 Å². The number of nitrogens with one attached hydrogen (secondary N) is 1. The number of aryl methyl sites for hydroxylation is 1. The van der Waals surface area contributed by atoms with Gasteiger partial charge in [-0.05, 0) is 24.1 Å². The quantitative estimate of drug-likeness (QED) is 0.380. The van der Waals surface area contributed by atoms with E-state index in [1.54, 1.807) is 17.9 Å². The first-order chi connectivity index (χ1) is 13.4. The van der Waals surface area contributed by atoms with Gasteiger partial charge < -0.3 is 15.0 Å². The van der Waals surface area contributed by atoms with Gasteiger partial charge in [0.2, 0.25) is 0 Å². The fraction of sp³-hybridized carbons (Fsp3) is 0.474. The predicted octanol–water partition coefficient (Wildman–Crippen LogP) is 3.25. The van der Waals surface area contributed by atoms with E-state index in [0.717, 1.165) is 35.8 Å². The second-order valence-corrected chi connectivity index (χ2v) is 6.67. The Hall–Kier alpha value is -1.82. The number of alkyl halides is 3. The van der Waals surface area contributed by atoms with E-state index in [1.807, 2.05) is 13.2 Å². The summed E-state index contributed by atoms with van der Waals surface area (Å²) in [6.45, 7) is 2.54. The third-order valence-electron chi connectivity index (χ3n) is 4.65. The zero-order valence-electron chi connectivity index (χ0n) is 16.3. The van der Waals surface area contributed by atoms with E-state index in [-0.39, 0.29) is 30.1 Å². The van der Waals surface area contributed by atoms with E-state index >= 15 is 0 Å². The molecule has 1 saturated heterocycles. The minimum Gasteiger partial charge on any atom is -0.370 e. The lowest BCUT2D eigenvalue weighted by Crippen LogP contribution is -2.48. The SMILES string of the molecule is CN=C(NCCc1ccc(C(F)(F)F)cc1)N1CCOC(c2cnn(C)c2)C1.I. The molecule has 0 bridgehead atoms. The molecule has 29 heavy (non-hydrogen) atoms. The van der Waals surface area contributed by atoms with Crippen LogP contribution in [0.25, 0.3) is 0 Å². The minimum absolute atomic E-state index is 0. The summed E-state index contributed by atoms with van der Waals surface area (Å²) in [5, 5.41) is 7.48. The Morgan fingerprint density at radius 1 is 1.31 bits per heavy atom. The lowest BCUT2D eigenvalue weighted by molar-refractivity contribution is -0.137. The molecule has 0 spiro atoms. The maximum Gasteiger partial charge on any atom is 0.416 e. The highest BCUT2D eigenvalue weighted by Gasteiger charge is 2.30. The van der Waals surface area contributed by atoms with Crippen LogP contribution in [0.3, 0.4) is 0 Å². The number of hydrogen-bond acceptors (Lipinski definition) is 3. The molecule has 10 heteroatoms. The summed E-state index contributed by atoms with van der Waals surface area (Å²) in [4.78, 5) is 6.45. The van der Waals surface area contributed by atoms with Crippen molar-refractivity contribution in [3.63, 3.8) is 0 Å². The van der Waals surface area contributed by atoms with Crippen LogP contribution in [0, 0.1) is 0 Å². The van der Waals surface area contributed by atoms with Gasteiger partial charge in [-0.25, -0.2) is 0 Å². The van der Waals surface area contributed by atoms with Crippen LogP contribution in [0.4, 0.5) is 13.2 Å². The Morgan fingerprint density at radius 3 is 2.62 bits per heavy atom. The van der Waals surface area contributed by atoms with Crippen LogP contribution in [0.2, 0.25) is 0 Å². The van der Waals surface area contributed by atoms with Crippen molar-refractivity contribution in [2.45, 2.75) is 18.7 Å². The van der Waals surface area contributed by atoms with Crippen LogP contribution in [-0.2, 0) is 24.4 Å². The van der Waals surface area contributed by atoms with Crippen molar-refractivity contribution in [1.29, 1.82) is 0 Å². The first-order valence-electron chi connectivity index (χ1n) is 9.08. The molecule has 0 aliphatic carbocycles. The number of halogens is 4. The van der Waals surface area contributed by atoms with Gasteiger partial charge in [0.05, 0.1) is 24.9 Å². The molecular formula is C19H25F3IN5O. The zero-order chi connectivity index (χ0) is 20.1. The zero-order valence-corrected chi connectivity index (χ0v) is 18.6. The summed E-state index contributed by atoms with van der Waals surface area (Å²) < 4.78 is 45.5. The summed E-state index contributed by atoms with van der Waals surface area (Å²) in [5.74, 6) is 0.754. The third-order valence-corrected chi connectivity index (χ3v) is 4.65. The van der Waals surface area contributed by atoms with E-state index in [0.29, 0.717) is 26.1 Å². The van der Waals surface area contributed by atoms with Gasteiger partial charge in [-0.3, -0.25) is 9.67 Å².